The molecule has 368 valence electrons. The van der Waals surface area contributed by atoms with Gasteiger partial charge in [0.15, 0.2) is 17.1 Å². The molecule has 0 spiro atoms. The molecule has 0 radical (unpaired) electrons. The number of hydrogen-bond donors (Lipinski definition) is 0. The predicted molar refractivity (Wildman–Crippen MR) is 314 cm³/mol. The highest BCUT2D eigenvalue weighted by Gasteiger charge is 2.23. The standard InChI is InChI=1S/C70H33N11/c1-41-5-11-59(70(17-41)81-68-15-7-48(52-20-43(36-72)18-44(21-52)37-73)30-63(68)64-31-49(8-16-69(64)81)53-22-45(38-74)19-46(23-53)39-75)60-26-42(35-71)6-12-65(60)80-66-13-9-50(54-24-47(40-76)25-56(27-54)77-2)32-61(66)62-33-51(10-14-67(62)80)55-28-57(78-3)34-58(29-55)79-4/h5-34H,1H3. The fraction of sp³-hybridized carbons (Fsp3) is 0.0143. The summed E-state index contributed by atoms with van der Waals surface area (Å²) in [5.74, 6) is 0. The van der Waals surface area contributed by atoms with Crippen LogP contribution in [0.25, 0.3) is 125 Å². The zero-order valence-electron chi connectivity index (χ0n) is 42.7. The Bertz CT molecular complexity index is 4800. The summed E-state index contributed by atoms with van der Waals surface area (Å²) in [6.45, 7) is 25.4. The van der Waals surface area contributed by atoms with Crippen LogP contribution in [-0.2, 0) is 0 Å². The molecule has 12 rings (SSSR count). The van der Waals surface area contributed by atoms with Crippen molar-refractivity contribution >= 4 is 60.7 Å². The minimum atomic E-state index is 0.337. The van der Waals surface area contributed by atoms with E-state index < -0.39 is 0 Å². The van der Waals surface area contributed by atoms with Gasteiger partial charge in [0.1, 0.15) is 0 Å². The number of benzene rings is 10. The molecule has 11 heteroatoms. The van der Waals surface area contributed by atoms with Crippen LogP contribution in [0, 0.1) is 94.6 Å². The number of aromatic nitrogens is 2. The van der Waals surface area contributed by atoms with E-state index in [4.69, 9.17) is 19.7 Å². The lowest BCUT2D eigenvalue weighted by Gasteiger charge is -2.20. The first-order valence-electron chi connectivity index (χ1n) is 25.1. The number of nitriles is 6. The van der Waals surface area contributed by atoms with Gasteiger partial charge in [-0.1, -0.05) is 54.6 Å². The van der Waals surface area contributed by atoms with Crippen LogP contribution >= 0.6 is 0 Å². The Kier molecular flexibility index (Phi) is 12.0. The van der Waals surface area contributed by atoms with Crippen molar-refractivity contribution in [2.75, 3.05) is 0 Å². The minimum absolute atomic E-state index is 0.337. The van der Waals surface area contributed by atoms with E-state index in [2.05, 4.69) is 96.5 Å². The van der Waals surface area contributed by atoms with Gasteiger partial charge in [-0.25, -0.2) is 14.5 Å². The van der Waals surface area contributed by atoms with Crippen LogP contribution in [0.15, 0.2) is 182 Å². The molecule has 81 heavy (non-hydrogen) atoms. The van der Waals surface area contributed by atoms with Crippen molar-refractivity contribution in [1.29, 1.82) is 31.6 Å². The molecule has 0 bridgehead atoms. The molecule has 0 saturated heterocycles. The van der Waals surface area contributed by atoms with Crippen molar-refractivity contribution in [3.05, 3.63) is 255 Å². The first-order valence-corrected chi connectivity index (χ1v) is 25.1. The molecule has 0 aliphatic carbocycles. The van der Waals surface area contributed by atoms with Crippen LogP contribution in [0.5, 0.6) is 0 Å². The Morgan fingerprint density at radius 2 is 0.654 bits per heavy atom. The Balaban J connectivity index is 1.14. The van der Waals surface area contributed by atoms with Crippen LogP contribution in [0.4, 0.5) is 17.1 Å². The van der Waals surface area contributed by atoms with Crippen LogP contribution in [-0.4, -0.2) is 9.13 Å². The highest BCUT2D eigenvalue weighted by atomic mass is 15.0. The number of aryl methyl sites for hydroxylation is 1. The van der Waals surface area contributed by atoms with E-state index in [0.29, 0.717) is 72.7 Å². The van der Waals surface area contributed by atoms with Gasteiger partial charge in [-0.3, -0.25) is 0 Å². The van der Waals surface area contributed by atoms with Crippen LogP contribution in [0.1, 0.15) is 38.9 Å². The highest BCUT2D eigenvalue weighted by molar-refractivity contribution is 6.14. The zero-order chi connectivity index (χ0) is 56.1. The monoisotopic (exact) mass is 1030 g/mol. The van der Waals surface area contributed by atoms with Crippen molar-refractivity contribution in [2.24, 2.45) is 0 Å². The van der Waals surface area contributed by atoms with E-state index >= 15 is 0 Å². The lowest BCUT2D eigenvalue weighted by molar-refractivity contribution is 1.15. The number of hydrogen-bond acceptors (Lipinski definition) is 6. The summed E-state index contributed by atoms with van der Waals surface area (Å²) >= 11 is 0. The Hall–Kier alpha value is -12.8. The summed E-state index contributed by atoms with van der Waals surface area (Å²) < 4.78 is 4.38. The molecule has 0 saturated carbocycles. The van der Waals surface area contributed by atoms with Gasteiger partial charge in [-0.05, 0) is 184 Å². The second kappa shape index (κ2) is 19.7. The predicted octanol–water partition coefficient (Wildman–Crippen LogP) is 17.4. The summed E-state index contributed by atoms with van der Waals surface area (Å²) in [5.41, 5.74) is 16.5. The molecule has 0 aliphatic rings. The summed E-state index contributed by atoms with van der Waals surface area (Å²) in [6, 6.07) is 69.9. The average molecular weight is 1030 g/mol. The Morgan fingerprint density at radius 1 is 0.296 bits per heavy atom. The van der Waals surface area contributed by atoms with Crippen molar-refractivity contribution < 1.29 is 0 Å². The van der Waals surface area contributed by atoms with Gasteiger partial charge < -0.3 is 9.13 Å². The van der Waals surface area contributed by atoms with Crippen LogP contribution < -0.4 is 0 Å². The van der Waals surface area contributed by atoms with Gasteiger partial charge in [0.25, 0.3) is 0 Å². The lowest BCUT2D eigenvalue weighted by Crippen LogP contribution is -2.02. The Labute approximate surface area is 464 Å². The SMILES string of the molecule is [C-]#[N+]c1cc(C#N)cc(-c2ccc3c(c2)c2cc(-c4cc([N+]#[C-])cc([N+]#[C-])c4)ccc2n3-c2ccc(C#N)cc2-c2ccc(C)cc2-n2c3ccc(-c4cc(C#N)cc(C#N)c4)cc3c3cc(-c4cc(C#N)cc(C#N)c4)ccc32)c1. The molecule has 0 fully saturated rings. The van der Waals surface area contributed by atoms with E-state index in [1.807, 2.05) is 73.7 Å². The maximum Gasteiger partial charge on any atom is 0.189 e. The van der Waals surface area contributed by atoms with E-state index in [1.165, 1.54) is 0 Å². The second-order valence-corrected chi connectivity index (χ2v) is 19.5. The highest BCUT2D eigenvalue weighted by Crippen LogP contribution is 2.45. The quantitative estimate of drug-likeness (QED) is 0.144. The first-order chi connectivity index (χ1) is 39.5. The van der Waals surface area contributed by atoms with Gasteiger partial charge in [-0.2, -0.15) is 31.6 Å². The molecular weight excluding hydrogens is 995 g/mol. The topological polar surface area (TPSA) is 166 Å². The first kappa shape index (κ1) is 49.1. The molecule has 2 aromatic heterocycles. The largest absolute Gasteiger partial charge is 0.309 e. The zero-order valence-corrected chi connectivity index (χ0v) is 42.7. The normalized spacial score (nSPS) is 10.7. The fourth-order valence-corrected chi connectivity index (χ4v) is 11.0. The van der Waals surface area contributed by atoms with Gasteiger partial charge in [0, 0.05) is 38.2 Å². The minimum Gasteiger partial charge on any atom is -0.309 e. The van der Waals surface area contributed by atoms with Gasteiger partial charge in [-0.15, -0.1) is 0 Å². The third-order valence-corrected chi connectivity index (χ3v) is 14.6. The van der Waals surface area contributed by atoms with Gasteiger partial charge in [0.05, 0.1) is 117 Å². The van der Waals surface area contributed by atoms with Crippen LogP contribution in [0.3, 0.4) is 0 Å². The third kappa shape index (κ3) is 8.51. The maximum atomic E-state index is 10.6. The van der Waals surface area contributed by atoms with Crippen molar-refractivity contribution in [1.82, 2.24) is 9.13 Å². The molecule has 0 atom stereocenters. The molecule has 0 unspecified atom stereocenters. The fourth-order valence-electron chi connectivity index (χ4n) is 11.0. The molecule has 12 aromatic rings. The maximum absolute atomic E-state index is 10.6. The van der Waals surface area contributed by atoms with Crippen LogP contribution in [0.2, 0.25) is 0 Å². The molecule has 0 N–H and O–H groups in total. The van der Waals surface area contributed by atoms with E-state index in [9.17, 15) is 31.6 Å². The second-order valence-electron chi connectivity index (χ2n) is 19.5. The smallest absolute Gasteiger partial charge is 0.189 e. The summed E-state index contributed by atoms with van der Waals surface area (Å²) in [6.07, 6.45) is 0. The molecule has 0 aliphatic heterocycles. The molecule has 2 heterocycles. The molecule has 11 nitrogen and oxygen atoms in total. The van der Waals surface area contributed by atoms with E-state index in [0.717, 1.165) is 93.9 Å². The molecule has 0 amide bonds. The average Bonchev–Trinajstić information content (AvgIpc) is 3.61. The van der Waals surface area contributed by atoms with Crippen molar-refractivity contribution in [3.8, 4) is 103 Å². The van der Waals surface area contributed by atoms with Crippen molar-refractivity contribution in [3.63, 3.8) is 0 Å². The Morgan fingerprint density at radius 3 is 1.05 bits per heavy atom. The summed E-state index contributed by atoms with van der Waals surface area (Å²) in [7, 11) is 0. The van der Waals surface area contributed by atoms with Crippen molar-refractivity contribution in [2.45, 2.75) is 6.92 Å². The van der Waals surface area contributed by atoms with Gasteiger partial charge in [0.2, 0.25) is 0 Å². The number of nitrogens with zero attached hydrogens (tertiary/aromatic N) is 11. The van der Waals surface area contributed by atoms with Gasteiger partial charge >= 0.3 is 0 Å². The third-order valence-electron chi connectivity index (χ3n) is 14.6. The number of fused-ring (bicyclic) bond motifs is 6. The summed E-state index contributed by atoms with van der Waals surface area (Å²) in [4.78, 5) is 11.0. The van der Waals surface area contributed by atoms with E-state index in [-0.39, 0.29) is 0 Å². The van der Waals surface area contributed by atoms with E-state index in [1.54, 1.807) is 78.9 Å². The molecule has 10 aromatic carbocycles. The lowest BCUT2D eigenvalue weighted by atomic mass is 9.97. The molecular formula is C70H33N11. The summed E-state index contributed by atoms with van der Waals surface area (Å²) in [5, 5.41) is 63.9. The number of rotatable bonds is 7.